The highest BCUT2D eigenvalue weighted by molar-refractivity contribution is 5.60. The fourth-order valence-corrected chi connectivity index (χ4v) is 1.44. The number of carbonyl (C=O) groups excluding carboxylic acids is 1. The van der Waals surface area contributed by atoms with E-state index in [9.17, 15) is 4.79 Å². The molecule has 0 aromatic heterocycles. The van der Waals surface area contributed by atoms with Crippen LogP contribution in [0, 0.1) is 5.92 Å². The molecular formula is C15H18O2. The van der Waals surface area contributed by atoms with Gasteiger partial charge in [0, 0.05) is 11.5 Å². The first-order valence-corrected chi connectivity index (χ1v) is 5.48. The minimum Gasteiger partial charge on any atom is -0.412 e. The molecule has 90 valence electrons. The van der Waals surface area contributed by atoms with E-state index in [1.54, 1.807) is 0 Å². The quantitative estimate of drug-likeness (QED) is 0.684. The summed E-state index contributed by atoms with van der Waals surface area (Å²) in [6.07, 6.45) is 8.66. The maximum atomic E-state index is 10.3. The molecule has 2 heteroatoms. The normalized spacial score (nSPS) is 16.3. The third kappa shape index (κ3) is 5.67. The molecule has 0 amide bonds. The van der Waals surface area contributed by atoms with E-state index in [-0.39, 0.29) is 5.48 Å². The highest BCUT2D eigenvalue weighted by atomic mass is 16.1. The summed E-state index contributed by atoms with van der Waals surface area (Å²) in [4.78, 5) is 10.3. The van der Waals surface area contributed by atoms with Gasteiger partial charge in [0.05, 0.1) is 0 Å². The summed E-state index contributed by atoms with van der Waals surface area (Å²) in [6.45, 7) is 2.06. The Kier molecular flexibility index (Phi) is 8.31. The van der Waals surface area contributed by atoms with Gasteiger partial charge < -0.3 is 5.48 Å². The van der Waals surface area contributed by atoms with Crippen LogP contribution in [0.15, 0.2) is 66.3 Å². The van der Waals surface area contributed by atoms with Crippen LogP contribution in [0.25, 0.3) is 0 Å². The number of allylic oxidation sites excluding steroid dienone is 5. The summed E-state index contributed by atoms with van der Waals surface area (Å²) in [7, 11) is 0. The zero-order valence-electron chi connectivity index (χ0n) is 9.97. The van der Waals surface area contributed by atoms with Crippen LogP contribution in [0.5, 0.6) is 0 Å². The lowest BCUT2D eigenvalue weighted by Crippen LogP contribution is -1.99. The van der Waals surface area contributed by atoms with Crippen LogP contribution in [0.4, 0.5) is 0 Å². The molecule has 1 aliphatic carbocycles. The predicted octanol–water partition coefficient (Wildman–Crippen LogP) is 2.76. The molecular weight excluding hydrogens is 212 g/mol. The monoisotopic (exact) mass is 230 g/mol. The van der Waals surface area contributed by atoms with Gasteiger partial charge in [-0.1, -0.05) is 61.5 Å². The fraction of sp³-hybridized carbons (Fsp3) is 0.200. The molecule has 1 aliphatic rings. The molecule has 1 atom stereocenters. The van der Waals surface area contributed by atoms with Crippen molar-refractivity contribution in [3.05, 3.63) is 66.3 Å². The average molecular weight is 230 g/mol. The Labute approximate surface area is 102 Å². The largest absolute Gasteiger partial charge is 0.412 e. The first-order chi connectivity index (χ1) is 7.88. The summed E-state index contributed by atoms with van der Waals surface area (Å²) < 4.78 is 0. The van der Waals surface area contributed by atoms with E-state index < -0.39 is 0 Å². The zero-order chi connectivity index (χ0) is 11.6. The standard InChI is InChI=1S/C9H10O.C6H6.H2O/c1-2-8-5-3-4-6-9(8)7-10;1-2-4-6-5-3-1;/h3-6,8H,2H2,1H3;1-6H;1H2. The van der Waals surface area contributed by atoms with Crippen molar-refractivity contribution in [3.8, 4) is 0 Å². The Morgan fingerprint density at radius 3 is 1.94 bits per heavy atom. The Morgan fingerprint density at radius 2 is 1.59 bits per heavy atom. The molecule has 0 heterocycles. The number of hydrogen-bond donors (Lipinski definition) is 0. The number of benzene rings is 1. The van der Waals surface area contributed by atoms with Crippen molar-refractivity contribution >= 4 is 5.94 Å². The maximum absolute atomic E-state index is 10.3. The van der Waals surface area contributed by atoms with Crippen LogP contribution in [0.3, 0.4) is 0 Å². The van der Waals surface area contributed by atoms with Crippen molar-refractivity contribution in [1.29, 1.82) is 0 Å². The second-order valence-corrected chi connectivity index (χ2v) is 3.47. The maximum Gasteiger partial charge on any atom is 0.128 e. The van der Waals surface area contributed by atoms with Gasteiger partial charge in [0.2, 0.25) is 0 Å². The van der Waals surface area contributed by atoms with E-state index in [1.807, 2.05) is 66.6 Å². The second kappa shape index (κ2) is 9.34. The van der Waals surface area contributed by atoms with Crippen molar-refractivity contribution in [3.63, 3.8) is 0 Å². The summed E-state index contributed by atoms with van der Waals surface area (Å²) in [5, 5.41) is 0. The SMILES string of the molecule is CCC1C=CC=CC1=C=O.O.c1ccccc1. The molecule has 1 aromatic rings. The molecule has 2 nitrogen and oxygen atoms in total. The Hall–Kier alpha value is -1.89. The van der Waals surface area contributed by atoms with Crippen LogP contribution in [0.1, 0.15) is 13.3 Å². The van der Waals surface area contributed by atoms with Gasteiger partial charge in [-0.2, -0.15) is 0 Å². The van der Waals surface area contributed by atoms with Crippen LogP contribution < -0.4 is 0 Å². The van der Waals surface area contributed by atoms with Gasteiger partial charge in [-0.15, -0.1) is 0 Å². The molecule has 0 radical (unpaired) electrons. The summed E-state index contributed by atoms with van der Waals surface area (Å²) in [5.41, 5.74) is 0.769. The van der Waals surface area contributed by atoms with Crippen LogP contribution in [-0.2, 0) is 4.79 Å². The lowest BCUT2D eigenvalue weighted by Gasteiger charge is -2.09. The molecule has 0 aliphatic heterocycles. The Balaban J connectivity index is 0.000000316. The molecule has 0 saturated carbocycles. The van der Waals surface area contributed by atoms with Crippen molar-refractivity contribution in [2.75, 3.05) is 0 Å². The van der Waals surface area contributed by atoms with Crippen LogP contribution in [-0.4, -0.2) is 11.4 Å². The second-order valence-electron chi connectivity index (χ2n) is 3.47. The van der Waals surface area contributed by atoms with Gasteiger partial charge in [-0.3, -0.25) is 0 Å². The number of hydrogen-bond acceptors (Lipinski definition) is 1. The molecule has 2 N–H and O–H groups in total. The fourth-order valence-electron chi connectivity index (χ4n) is 1.44. The Bertz CT molecular complexity index is 371. The average Bonchev–Trinajstić information content (AvgIpc) is 2.41. The lowest BCUT2D eigenvalue weighted by atomic mass is 9.94. The van der Waals surface area contributed by atoms with Gasteiger partial charge in [0.1, 0.15) is 5.94 Å². The first-order valence-electron chi connectivity index (χ1n) is 5.48. The van der Waals surface area contributed by atoms with E-state index in [2.05, 4.69) is 6.92 Å². The molecule has 2 rings (SSSR count). The topological polar surface area (TPSA) is 48.6 Å². The third-order valence-corrected chi connectivity index (χ3v) is 2.35. The molecule has 1 aromatic carbocycles. The van der Waals surface area contributed by atoms with Gasteiger partial charge in [0.25, 0.3) is 0 Å². The summed E-state index contributed by atoms with van der Waals surface area (Å²) in [5.74, 6) is 2.23. The molecule has 17 heavy (non-hydrogen) atoms. The van der Waals surface area contributed by atoms with Gasteiger partial charge in [-0.25, -0.2) is 4.79 Å². The van der Waals surface area contributed by atoms with E-state index >= 15 is 0 Å². The van der Waals surface area contributed by atoms with Crippen molar-refractivity contribution in [2.45, 2.75) is 13.3 Å². The molecule has 0 saturated heterocycles. The van der Waals surface area contributed by atoms with Gasteiger partial charge >= 0.3 is 0 Å². The number of rotatable bonds is 1. The van der Waals surface area contributed by atoms with Crippen LogP contribution in [0.2, 0.25) is 0 Å². The molecule has 0 bridgehead atoms. The predicted molar refractivity (Wildman–Crippen MR) is 71.3 cm³/mol. The van der Waals surface area contributed by atoms with Crippen molar-refractivity contribution < 1.29 is 10.3 Å². The third-order valence-electron chi connectivity index (χ3n) is 2.35. The van der Waals surface area contributed by atoms with E-state index in [0.29, 0.717) is 5.92 Å². The highest BCUT2D eigenvalue weighted by Crippen LogP contribution is 2.18. The minimum absolute atomic E-state index is 0. The first kappa shape index (κ1) is 15.1. The van der Waals surface area contributed by atoms with E-state index in [1.165, 1.54) is 0 Å². The molecule has 0 fully saturated rings. The molecule has 0 spiro atoms. The van der Waals surface area contributed by atoms with Gasteiger partial charge in [-0.05, 0) is 12.5 Å². The van der Waals surface area contributed by atoms with E-state index in [0.717, 1.165) is 12.0 Å². The van der Waals surface area contributed by atoms with Crippen LogP contribution >= 0.6 is 0 Å². The zero-order valence-corrected chi connectivity index (χ0v) is 9.97. The van der Waals surface area contributed by atoms with Crippen molar-refractivity contribution in [1.82, 2.24) is 0 Å². The Morgan fingerprint density at radius 1 is 1.06 bits per heavy atom. The highest BCUT2D eigenvalue weighted by Gasteiger charge is 2.08. The smallest absolute Gasteiger partial charge is 0.128 e. The van der Waals surface area contributed by atoms with E-state index in [4.69, 9.17) is 0 Å². The molecule has 1 unspecified atom stereocenters. The van der Waals surface area contributed by atoms with Gasteiger partial charge in [0.15, 0.2) is 0 Å². The lowest BCUT2D eigenvalue weighted by molar-refractivity contribution is 0.564. The summed E-state index contributed by atoms with van der Waals surface area (Å²) >= 11 is 0. The van der Waals surface area contributed by atoms with Crippen molar-refractivity contribution in [2.24, 2.45) is 5.92 Å². The minimum atomic E-state index is 0. The summed E-state index contributed by atoms with van der Waals surface area (Å²) in [6, 6.07) is 12.0.